The Balaban J connectivity index is 1.66. The Morgan fingerprint density at radius 3 is 2.66 bits per heavy atom. The zero-order valence-electron chi connectivity index (χ0n) is 17.5. The summed E-state index contributed by atoms with van der Waals surface area (Å²) in [6.07, 6.45) is 2.01. The van der Waals surface area contributed by atoms with E-state index in [-0.39, 0.29) is 23.5 Å². The summed E-state index contributed by atoms with van der Waals surface area (Å²) in [5, 5.41) is 10.4. The van der Waals surface area contributed by atoms with Gasteiger partial charge in [-0.05, 0) is 43.5 Å². The molecule has 1 N–H and O–H groups in total. The Labute approximate surface area is 188 Å². The highest BCUT2D eigenvalue weighted by molar-refractivity contribution is 6.29. The fraction of sp³-hybridized carbons (Fsp3) is 0.429. The lowest BCUT2D eigenvalue weighted by molar-refractivity contribution is -0.138. The number of anilines is 2. The van der Waals surface area contributed by atoms with Crippen LogP contribution in [-0.2, 0) is 9.59 Å². The molecule has 1 aliphatic heterocycles. The van der Waals surface area contributed by atoms with Crippen LogP contribution in [0, 0.1) is 23.4 Å². The summed E-state index contributed by atoms with van der Waals surface area (Å²) in [5.41, 5.74) is -0.483. The Hall–Kier alpha value is -2.88. The molecule has 0 spiro atoms. The van der Waals surface area contributed by atoms with Crippen molar-refractivity contribution in [3.63, 3.8) is 0 Å². The summed E-state index contributed by atoms with van der Waals surface area (Å²) in [5.74, 6) is -5.17. The van der Waals surface area contributed by atoms with Gasteiger partial charge in [-0.3, -0.25) is 9.59 Å². The van der Waals surface area contributed by atoms with Gasteiger partial charge in [-0.1, -0.05) is 18.5 Å². The van der Waals surface area contributed by atoms with Gasteiger partial charge in [-0.15, -0.1) is 10.2 Å². The number of rotatable bonds is 7. The van der Waals surface area contributed by atoms with Gasteiger partial charge in [0, 0.05) is 19.6 Å². The average molecular weight is 470 g/mol. The van der Waals surface area contributed by atoms with Crippen molar-refractivity contribution in [3.05, 3.63) is 46.9 Å². The topological polar surface area (TPSA) is 78.4 Å². The minimum atomic E-state index is -1.67. The lowest BCUT2D eigenvalue weighted by Crippen LogP contribution is -2.47. The summed E-state index contributed by atoms with van der Waals surface area (Å²) in [4.78, 5) is 28.9. The molecule has 2 aromatic rings. The van der Waals surface area contributed by atoms with Crippen molar-refractivity contribution in [2.45, 2.75) is 26.2 Å². The zero-order valence-corrected chi connectivity index (χ0v) is 18.2. The van der Waals surface area contributed by atoms with Crippen LogP contribution in [0.5, 0.6) is 0 Å². The summed E-state index contributed by atoms with van der Waals surface area (Å²) >= 11 is 5.78. The van der Waals surface area contributed by atoms with Gasteiger partial charge in [0.2, 0.25) is 11.8 Å². The predicted octanol–water partition coefficient (Wildman–Crippen LogP) is 3.64. The first-order valence-electron chi connectivity index (χ1n) is 10.3. The van der Waals surface area contributed by atoms with E-state index in [9.17, 15) is 22.8 Å². The van der Waals surface area contributed by atoms with E-state index >= 15 is 0 Å². The molecule has 1 aromatic heterocycles. The number of aromatic nitrogens is 2. The monoisotopic (exact) mass is 469 g/mol. The molecule has 3 rings (SSSR count). The molecule has 11 heteroatoms. The van der Waals surface area contributed by atoms with Gasteiger partial charge in [-0.25, -0.2) is 13.2 Å². The molecular weight excluding hydrogens is 447 g/mol. The molecule has 1 aliphatic rings. The number of carbonyl (C=O) groups excluding carboxylic acids is 2. The molecule has 1 atom stereocenters. The van der Waals surface area contributed by atoms with Crippen LogP contribution in [0.3, 0.4) is 0 Å². The van der Waals surface area contributed by atoms with E-state index in [2.05, 4.69) is 15.5 Å². The first kappa shape index (κ1) is 23.8. The van der Waals surface area contributed by atoms with Crippen LogP contribution < -0.4 is 10.2 Å². The first-order chi connectivity index (χ1) is 15.3. The Bertz CT molecular complexity index is 977. The SMILES string of the molecule is CCCN(CC(=O)Nc1ccc(F)c(F)c1F)C(=O)C1CCCN(c2ccc(Cl)nn2)C1. The fourth-order valence-electron chi connectivity index (χ4n) is 3.65. The molecule has 7 nitrogen and oxygen atoms in total. The third kappa shape index (κ3) is 5.67. The van der Waals surface area contributed by atoms with E-state index in [1.807, 2.05) is 11.8 Å². The highest BCUT2D eigenvalue weighted by Gasteiger charge is 2.31. The van der Waals surface area contributed by atoms with Gasteiger partial charge in [-0.2, -0.15) is 0 Å². The minimum absolute atomic E-state index is 0.209. The second kappa shape index (κ2) is 10.6. The van der Waals surface area contributed by atoms with E-state index in [1.165, 1.54) is 4.90 Å². The van der Waals surface area contributed by atoms with E-state index in [1.54, 1.807) is 12.1 Å². The third-order valence-corrected chi connectivity index (χ3v) is 5.36. The largest absolute Gasteiger partial charge is 0.354 e. The lowest BCUT2D eigenvalue weighted by atomic mass is 9.96. The van der Waals surface area contributed by atoms with Gasteiger partial charge < -0.3 is 15.1 Å². The smallest absolute Gasteiger partial charge is 0.244 e. The molecule has 32 heavy (non-hydrogen) atoms. The molecule has 1 saturated heterocycles. The molecule has 1 fully saturated rings. The standard InChI is InChI=1S/C21H23ClF3N5O2/c1-2-9-30(12-18(31)26-15-6-5-14(23)19(24)20(15)25)21(32)13-4-3-10-29(11-13)17-8-7-16(22)27-28-17/h5-8,13H,2-4,9-12H2,1H3,(H,26,31). The number of hydrogen-bond acceptors (Lipinski definition) is 5. The van der Waals surface area contributed by atoms with E-state index < -0.39 is 29.0 Å². The summed E-state index contributed by atoms with van der Waals surface area (Å²) in [7, 11) is 0. The van der Waals surface area contributed by atoms with Crippen molar-refractivity contribution >= 4 is 34.9 Å². The Morgan fingerprint density at radius 2 is 1.97 bits per heavy atom. The van der Waals surface area contributed by atoms with Crippen LogP contribution in [0.4, 0.5) is 24.7 Å². The van der Waals surface area contributed by atoms with Gasteiger partial charge >= 0.3 is 0 Å². The number of nitrogens with zero attached hydrogens (tertiary/aromatic N) is 4. The third-order valence-electron chi connectivity index (χ3n) is 5.16. The van der Waals surface area contributed by atoms with Gasteiger partial charge in [0.15, 0.2) is 28.4 Å². The summed E-state index contributed by atoms with van der Waals surface area (Å²) < 4.78 is 40.4. The molecular formula is C21H23ClF3N5O2. The molecule has 172 valence electrons. The Morgan fingerprint density at radius 1 is 1.19 bits per heavy atom. The van der Waals surface area contributed by atoms with Crippen LogP contribution in [-0.4, -0.2) is 53.1 Å². The normalized spacial score (nSPS) is 16.0. The lowest BCUT2D eigenvalue weighted by Gasteiger charge is -2.35. The molecule has 0 saturated carbocycles. The summed E-state index contributed by atoms with van der Waals surface area (Å²) in [6.45, 7) is 2.98. The van der Waals surface area contributed by atoms with Crippen molar-refractivity contribution in [3.8, 4) is 0 Å². The average Bonchev–Trinajstić information content (AvgIpc) is 2.79. The second-order valence-corrected chi connectivity index (χ2v) is 7.92. The summed E-state index contributed by atoms with van der Waals surface area (Å²) in [6, 6.07) is 5.01. The number of hydrogen-bond donors (Lipinski definition) is 1. The van der Waals surface area contributed by atoms with Crippen molar-refractivity contribution in [1.82, 2.24) is 15.1 Å². The maximum Gasteiger partial charge on any atom is 0.244 e. The number of piperidine rings is 1. The quantitative estimate of drug-likeness (QED) is 0.626. The maximum absolute atomic E-state index is 13.9. The molecule has 2 amide bonds. The van der Waals surface area contributed by atoms with Crippen LogP contribution in [0.1, 0.15) is 26.2 Å². The molecule has 0 aliphatic carbocycles. The van der Waals surface area contributed by atoms with Crippen LogP contribution in [0.25, 0.3) is 0 Å². The first-order valence-corrected chi connectivity index (χ1v) is 10.6. The number of carbonyl (C=O) groups is 2. The molecule has 1 unspecified atom stereocenters. The second-order valence-electron chi connectivity index (χ2n) is 7.53. The molecule has 1 aromatic carbocycles. The van der Waals surface area contributed by atoms with Crippen molar-refractivity contribution in [1.29, 1.82) is 0 Å². The minimum Gasteiger partial charge on any atom is -0.354 e. The van der Waals surface area contributed by atoms with Crippen LogP contribution >= 0.6 is 11.6 Å². The predicted molar refractivity (Wildman–Crippen MR) is 114 cm³/mol. The van der Waals surface area contributed by atoms with Crippen LogP contribution in [0.2, 0.25) is 5.15 Å². The van der Waals surface area contributed by atoms with Crippen LogP contribution in [0.15, 0.2) is 24.3 Å². The van der Waals surface area contributed by atoms with Gasteiger partial charge in [0.1, 0.15) is 0 Å². The molecule has 0 bridgehead atoms. The van der Waals surface area contributed by atoms with E-state index in [0.29, 0.717) is 38.3 Å². The fourth-order valence-corrected chi connectivity index (χ4v) is 3.75. The van der Waals surface area contributed by atoms with Crippen molar-refractivity contribution in [2.75, 3.05) is 36.4 Å². The number of halogens is 4. The van der Waals surface area contributed by atoms with Gasteiger partial charge in [0.05, 0.1) is 18.2 Å². The highest BCUT2D eigenvalue weighted by Crippen LogP contribution is 2.24. The zero-order chi connectivity index (χ0) is 23.3. The van der Waals surface area contributed by atoms with Crippen molar-refractivity contribution < 1.29 is 22.8 Å². The number of amides is 2. The number of benzene rings is 1. The van der Waals surface area contributed by atoms with Crippen molar-refractivity contribution in [2.24, 2.45) is 5.92 Å². The van der Waals surface area contributed by atoms with E-state index in [0.717, 1.165) is 18.6 Å². The van der Waals surface area contributed by atoms with E-state index in [4.69, 9.17) is 11.6 Å². The maximum atomic E-state index is 13.9. The highest BCUT2D eigenvalue weighted by atomic mass is 35.5. The number of nitrogens with one attached hydrogen (secondary N) is 1. The molecule has 2 heterocycles. The Kier molecular flexibility index (Phi) is 7.89. The van der Waals surface area contributed by atoms with Gasteiger partial charge in [0.25, 0.3) is 0 Å². The molecule has 0 radical (unpaired) electrons.